The molecule has 0 aliphatic carbocycles. The Bertz CT molecular complexity index is 637. The number of carbonyl (C=O) groups is 2. The molecule has 1 aliphatic rings. The molecule has 2 aromatic rings. The van der Waals surface area contributed by atoms with Gasteiger partial charge in [-0.05, 0) is 28.1 Å². The molecule has 0 saturated heterocycles. The zero-order valence-corrected chi connectivity index (χ0v) is 10.7. The van der Waals surface area contributed by atoms with Crippen molar-refractivity contribution in [2.75, 3.05) is 4.90 Å². The molecule has 1 aromatic heterocycles. The number of hydrogen-bond donors (Lipinski definition) is 0. The van der Waals surface area contributed by atoms with Crippen LogP contribution >= 0.6 is 15.9 Å². The number of benzene rings is 1. The lowest BCUT2D eigenvalue weighted by Crippen LogP contribution is -2.28. The molecular weight excluding hydrogens is 300 g/mol. The average molecular weight is 307 g/mol. The Labute approximate surface area is 110 Å². The largest absolute Gasteiger partial charge is 0.364 e. The van der Waals surface area contributed by atoms with Gasteiger partial charge in [0.2, 0.25) is 0 Å². The molecule has 5 nitrogen and oxygen atoms in total. The summed E-state index contributed by atoms with van der Waals surface area (Å²) in [6, 6.07) is 5.28. The van der Waals surface area contributed by atoms with E-state index in [0.717, 1.165) is 5.56 Å². The van der Waals surface area contributed by atoms with Crippen LogP contribution in [0, 0.1) is 0 Å². The van der Waals surface area contributed by atoms with E-state index in [4.69, 9.17) is 4.52 Å². The normalized spacial score (nSPS) is 14.2. The van der Waals surface area contributed by atoms with Crippen molar-refractivity contribution < 1.29 is 14.1 Å². The first-order valence-electron chi connectivity index (χ1n) is 5.21. The maximum atomic E-state index is 11.9. The number of carbonyl (C=O) groups excluding carboxylic acids is 2. The summed E-state index contributed by atoms with van der Waals surface area (Å²) in [7, 11) is 0. The van der Waals surface area contributed by atoms with Crippen LogP contribution in [0.3, 0.4) is 0 Å². The molecule has 0 N–H and O–H groups in total. The van der Waals surface area contributed by atoms with Gasteiger partial charge in [0.25, 0.3) is 11.7 Å². The minimum absolute atomic E-state index is 0.275. The molecule has 0 bridgehead atoms. The molecule has 1 amide bonds. The Morgan fingerprint density at radius 3 is 2.89 bits per heavy atom. The molecule has 6 heteroatoms. The van der Waals surface area contributed by atoms with Crippen molar-refractivity contribution in [3.8, 4) is 0 Å². The highest BCUT2D eigenvalue weighted by Crippen LogP contribution is 2.35. The molecule has 1 aliphatic heterocycles. The summed E-state index contributed by atoms with van der Waals surface area (Å²) in [4.78, 5) is 25.3. The quantitative estimate of drug-likeness (QED) is 0.798. The smallest absolute Gasteiger partial charge is 0.299 e. The number of Topliss-reactive ketones (excluding diaryl/α,β-unsaturated/α-hetero) is 1. The van der Waals surface area contributed by atoms with E-state index in [1.807, 2.05) is 0 Å². The van der Waals surface area contributed by atoms with Crippen LogP contribution in [-0.2, 0) is 11.3 Å². The molecule has 0 spiro atoms. The number of ketones is 1. The van der Waals surface area contributed by atoms with Crippen LogP contribution < -0.4 is 4.90 Å². The molecule has 0 atom stereocenters. The summed E-state index contributed by atoms with van der Waals surface area (Å²) in [5, 5.41) is 3.57. The minimum Gasteiger partial charge on any atom is -0.364 e. The molecule has 90 valence electrons. The van der Waals surface area contributed by atoms with Gasteiger partial charge in [-0.25, -0.2) is 0 Å². The lowest BCUT2D eigenvalue weighted by Gasteiger charge is -2.14. The first kappa shape index (κ1) is 11.2. The molecule has 3 rings (SSSR count). The highest BCUT2D eigenvalue weighted by atomic mass is 79.9. The summed E-state index contributed by atoms with van der Waals surface area (Å²) in [5.41, 5.74) is 1.77. The van der Waals surface area contributed by atoms with Gasteiger partial charge >= 0.3 is 0 Å². The lowest BCUT2D eigenvalue weighted by molar-refractivity contribution is -0.114. The Morgan fingerprint density at radius 2 is 2.17 bits per heavy atom. The summed E-state index contributed by atoms with van der Waals surface area (Å²) in [5.74, 6) is -1.02. The van der Waals surface area contributed by atoms with Crippen LogP contribution in [0.15, 0.2) is 39.7 Å². The fourth-order valence-corrected chi connectivity index (χ4v) is 2.48. The van der Waals surface area contributed by atoms with Gasteiger partial charge < -0.3 is 9.42 Å². The van der Waals surface area contributed by atoms with Crippen LogP contribution in [0.4, 0.5) is 5.69 Å². The molecule has 0 unspecified atom stereocenters. The third kappa shape index (κ3) is 1.57. The van der Waals surface area contributed by atoms with Crippen LogP contribution in [0.5, 0.6) is 0 Å². The van der Waals surface area contributed by atoms with Gasteiger partial charge in [-0.2, -0.15) is 0 Å². The monoisotopic (exact) mass is 306 g/mol. The number of rotatable bonds is 2. The van der Waals surface area contributed by atoms with E-state index in [1.165, 1.54) is 17.4 Å². The van der Waals surface area contributed by atoms with Crippen molar-refractivity contribution in [2.24, 2.45) is 0 Å². The van der Waals surface area contributed by atoms with E-state index in [-0.39, 0.29) is 6.54 Å². The maximum Gasteiger partial charge on any atom is 0.299 e. The van der Waals surface area contributed by atoms with Crippen molar-refractivity contribution in [3.05, 3.63) is 46.3 Å². The molecule has 0 radical (unpaired) electrons. The third-order valence-corrected chi connectivity index (χ3v) is 3.43. The van der Waals surface area contributed by atoms with E-state index < -0.39 is 11.7 Å². The second-order valence-corrected chi connectivity index (χ2v) is 4.74. The van der Waals surface area contributed by atoms with Crippen molar-refractivity contribution in [3.63, 3.8) is 0 Å². The second-order valence-electron chi connectivity index (χ2n) is 3.89. The minimum atomic E-state index is -0.530. The molecule has 0 fully saturated rings. The molecule has 0 saturated carbocycles. The van der Waals surface area contributed by atoms with Gasteiger partial charge in [-0.3, -0.25) is 9.59 Å². The van der Waals surface area contributed by atoms with Gasteiger partial charge in [0.1, 0.15) is 6.26 Å². The average Bonchev–Trinajstić information content (AvgIpc) is 2.94. The van der Waals surface area contributed by atoms with Crippen LogP contribution in [-0.4, -0.2) is 16.8 Å². The van der Waals surface area contributed by atoms with Crippen molar-refractivity contribution in [1.29, 1.82) is 0 Å². The van der Waals surface area contributed by atoms with E-state index in [2.05, 4.69) is 21.1 Å². The summed E-state index contributed by atoms with van der Waals surface area (Å²) < 4.78 is 5.35. The molecule has 18 heavy (non-hydrogen) atoms. The summed E-state index contributed by atoms with van der Waals surface area (Å²) in [6.07, 6.45) is 2.97. The standard InChI is InChI=1S/C12H7BrN2O3/c13-8-2-1-3-9-10(8)11(16)12(17)15(9)5-7-4-14-18-6-7/h1-4,6H,5H2. The number of anilines is 1. The first-order valence-corrected chi connectivity index (χ1v) is 6.01. The number of nitrogens with zero attached hydrogens (tertiary/aromatic N) is 2. The highest BCUT2D eigenvalue weighted by molar-refractivity contribution is 9.10. The molecule has 1 aromatic carbocycles. The lowest BCUT2D eigenvalue weighted by atomic mass is 10.1. The molecular formula is C12H7BrN2O3. The topological polar surface area (TPSA) is 63.4 Å². The highest BCUT2D eigenvalue weighted by Gasteiger charge is 2.37. The Hall–Kier alpha value is -1.95. The number of aromatic nitrogens is 1. The first-order chi connectivity index (χ1) is 8.68. The SMILES string of the molecule is O=C1C(=O)N(Cc2cnoc2)c2cccc(Br)c21. The van der Waals surface area contributed by atoms with Crippen molar-refractivity contribution in [1.82, 2.24) is 5.16 Å². The van der Waals surface area contributed by atoms with Gasteiger partial charge in [0.15, 0.2) is 0 Å². The number of fused-ring (bicyclic) bond motifs is 1. The third-order valence-electron chi connectivity index (χ3n) is 2.77. The van der Waals surface area contributed by atoms with E-state index in [0.29, 0.717) is 15.7 Å². The Morgan fingerprint density at radius 1 is 1.33 bits per heavy atom. The maximum absolute atomic E-state index is 11.9. The van der Waals surface area contributed by atoms with Crippen LogP contribution in [0.25, 0.3) is 0 Å². The van der Waals surface area contributed by atoms with Crippen LogP contribution in [0.2, 0.25) is 0 Å². The number of amides is 1. The number of halogens is 1. The zero-order valence-electron chi connectivity index (χ0n) is 9.09. The van der Waals surface area contributed by atoms with E-state index in [9.17, 15) is 9.59 Å². The van der Waals surface area contributed by atoms with Gasteiger partial charge in [-0.1, -0.05) is 11.2 Å². The summed E-state index contributed by atoms with van der Waals surface area (Å²) in [6.45, 7) is 0.275. The predicted molar refractivity (Wildman–Crippen MR) is 66.2 cm³/mol. The van der Waals surface area contributed by atoms with Crippen molar-refractivity contribution >= 4 is 33.3 Å². The van der Waals surface area contributed by atoms with Gasteiger partial charge in [-0.15, -0.1) is 0 Å². The molecule has 2 heterocycles. The number of hydrogen-bond acceptors (Lipinski definition) is 4. The van der Waals surface area contributed by atoms with E-state index >= 15 is 0 Å². The van der Waals surface area contributed by atoms with Crippen LogP contribution in [0.1, 0.15) is 15.9 Å². The second kappa shape index (κ2) is 4.06. The fourth-order valence-electron chi connectivity index (χ4n) is 1.95. The predicted octanol–water partition coefficient (Wildman–Crippen LogP) is 2.17. The van der Waals surface area contributed by atoms with Gasteiger partial charge in [0.05, 0.1) is 24.0 Å². The van der Waals surface area contributed by atoms with Crippen molar-refractivity contribution in [2.45, 2.75) is 6.54 Å². The summed E-state index contributed by atoms with van der Waals surface area (Å²) >= 11 is 3.29. The van der Waals surface area contributed by atoms with Gasteiger partial charge in [0, 0.05) is 10.0 Å². The Kier molecular flexibility index (Phi) is 2.52. The zero-order chi connectivity index (χ0) is 12.7. The Balaban J connectivity index is 2.05. The fraction of sp³-hybridized carbons (Fsp3) is 0.0833. The van der Waals surface area contributed by atoms with E-state index in [1.54, 1.807) is 18.2 Å².